The number of nitrogens with zero attached hydrogens (tertiary/aromatic N) is 1. The van der Waals surface area contributed by atoms with Crippen molar-refractivity contribution in [1.29, 1.82) is 0 Å². The van der Waals surface area contributed by atoms with Crippen LogP contribution in [0.2, 0.25) is 0 Å². The van der Waals surface area contributed by atoms with E-state index in [-0.39, 0.29) is 0 Å². The van der Waals surface area contributed by atoms with E-state index in [0.717, 1.165) is 77.6 Å². The van der Waals surface area contributed by atoms with Gasteiger partial charge in [0.1, 0.15) is 22.3 Å². The average molecular weight is 628 g/mol. The van der Waals surface area contributed by atoms with Crippen molar-refractivity contribution in [3.63, 3.8) is 0 Å². The van der Waals surface area contributed by atoms with E-state index in [4.69, 9.17) is 8.83 Å². The highest BCUT2D eigenvalue weighted by atomic mass is 16.3. The van der Waals surface area contributed by atoms with Gasteiger partial charge in [-0.1, -0.05) is 115 Å². The Morgan fingerprint density at radius 2 is 0.918 bits per heavy atom. The first-order valence-electron chi connectivity index (χ1n) is 16.6. The maximum Gasteiger partial charge on any atom is 0.137 e. The molecule has 0 bridgehead atoms. The number of anilines is 3. The molecule has 10 rings (SSSR count). The first-order valence-corrected chi connectivity index (χ1v) is 16.6. The van der Waals surface area contributed by atoms with Crippen molar-refractivity contribution >= 4 is 71.7 Å². The molecule has 2 heterocycles. The van der Waals surface area contributed by atoms with E-state index in [1.54, 1.807) is 0 Å². The molecular formula is C46H29NO2. The normalized spacial score (nSPS) is 11.7. The molecule has 0 N–H and O–H groups in total. The van der Waals surface area contributed by atoms with Crippen LogP contribution < -0.4 is 4.90 Å². The molecule has 0 fully saturated rings. The van der Waals surface area contributed by atoms with Crippen molar-refractivity contribution in [2.75, 3.05) is 4.90 Å². The predicted molar refractivity (Wildman–Crippen MR) is 204 cm³/mol. The molecule has 3 heteroatoms. The van der Waals surface area contributed by atoms with Crippen molar-refractivity contribution in [1.82, 2.24) is 0 Å². The summed E-state index contributed by atoms with van der Waals surface area (Å²) in [6.45, 7) is 0. The zero-order valence-electron chi connectivity index (χ0n) is 26.5. The fourth-order valence-electron chi connectivity index (χ4n) is 7.35. The van der Waals surface area contributed by atoms with Gasteiger partial charge in [-0.2, -0.15) is 0 Å². The topological polar surface area (TPSA) is 29.5 Å². The summed E-state index contributed by atoms with van der Waals surface area (Å²) in [5, 5.41) is 6.89. The zero-order valence-corrected chi connectivity index (χ0v) is 26.5. The minimum absolute atomic E-state index is 0.866. The van der Waals surface area contributed by atoms with E-state index in [2.05, 4.69) is 157 Å². The van der Waals surface area contributed by atoms with Gasteiger partial charge in [0, 0.05) is 44.5 Å². The van der Waals surface area contributed by atoms with Gasteiger partial charge in [-0.25, -0.2) is 0 Å². The summed E-state index contributed by atoms with van der Waals surface area (Å²) < 4.78 is 12.6. The second kappa shape index (κ2) is 11.0. The second-order valence-electron chi connectivity index (χ2n) is 12.5. The van der Waals surface area contributed by atoms with Crippen LogP contribution in [0.4, 0.5) is 17.1 Å². The van der Waals surface area contributed by atoms with E-state index < -0.39 is 0 Å². The molecular weight excluding hydrogens is 599 g/mol. The lowest BCUT2D eigenvalue weighted by molar-refractivity contribution is 0.669. The van der Waals surface area contributed by atoms with Crippen LogP contribution in [0.5, 0.6) is 0 Å². The Morgan fingerprint density at radius 3 is 1.71 bits per heavy atom. The van der Waals surface area contributed by atoms with Crippen LogP contribution in [-0.4, -0.2) is 0 Å². The third-order valence-electron chi connectivity index (χ3n) is 9.66. The summed E-state index contributed by atoms with van der Waals surface area (Å²) in [7, 11) is 0. The van der Waals surface area contributed by atoms with Crippen molar-refractivity contribution < 1.29 is 8.83 Å². The monoisotopic (exact) mass is 627 g/mol. The molecule has 0 amide bonds. The number of rotatable bonds is 5. The standard InChI is InChI=1S/C46H29NO2/c1-2-11-30(12-3-1)36-14-4-7-18-42(36)47(34-25-26-39-37-15-5-8-19-43(37)48-45(39)28-34)33-23-21-31(22-24-33)35-17-10-13-32-27-41-38-16-6-9-20-44(38)49-46(41)29-40(32)35/h1-29H. The fourth-order valence-corrected chi connectivity index (χ4v) is 7.35. The SMILES string of the molecule is c1ccc(-c2ccccc2N(c2ccc(-c3cccc4cc5c(cc34)oc3ccccc35)cc2)c2ccc3c(c2)oc2ccccc23)cc1. The molecule has 0 radical (unpaired) electrons. The van der Waals surface area contributed by atoms with Crippen molar-refractivity contribution in [3.05, 3.63) is 176 Å². The molecule has 0 saturated carbocycles. The van der Waals surface area contributed by atoms with Gasteiger partial charge in [0.25, 0.3) is 0 Å². The molecule has 0 aliphatic heterocycles. The molecule has 0 unspecified atom stereocenters. The zero-order chi connectivity index (χ0) is 32.3. The fraction of sp³-hybridized carbons (Fsp3) is 0. The summed E-state index contributed by atoms with van der Waals surface area (Å²) in [6, 6.07) is 62.1. The third kappa shape index (κ3) is 4.51. The molecule has 2 aromatic heterocycles. The molecule has 10 aromatic rings. The predicted octanol–water partition coefficient (Wildman–Crippen LogP) is 13.4. The average Bonchev–Trinajstić information content (AvgIpc) is 3.72. The molecule has 230 valence electrons. The van der Waals surface area contributed by atoms with Gasteiger partial charge in [-0.15, -0.1) is 0 Å². The Labute approximate surface area is 282 Å². The molecule has 3 nitrogen and oxygen atoms in total. The Kier molecular flexibility index (Phi) is 6.18. The maximum atomic E-state index is 6.36. The largest absolute Gasteiger partial charge is 0.456 e. The van der Waals surface area contributed by atoms with Gasteiger partial charge in [0.2, 0.25) is 0 Å². The lowest BCUT2D eigenvalue weighted by Gasteiger charge is -2.28. The maximum absolute atomic E-state index is 6.36. The number of furan rings is 2. The van der Waals surface area contributed by atoms with E-state index in [9.17, 15) is 0 Å². The molecule has 0 aliphatic rings. The Morgan fingerprint density at radius 1 is 0.327 bits per heavy atom. The van der Waals surface area contributed by atoms with Gasteiger partial charge in [0.15, 0.2) is 0 Å². The number of benzene rings is 8. The highest BCUT2D eigenvalue weighted by Gasteiger charge is 2.19. The summed E-state index contributed by atoms with van der Waals surface area (Å²) in [6.07, 6.45) is 0. The van der Waals surface area contributed by atoms with E-state index in [1.807, 2.05) is 24.3 Å². The lowest BCUT2D eigenvalue weighted by Crippen LogP contribution is -2.11. The smallest absolute Gasteiger partial charge is 0.137 e. The number of hydrogen-bond acceptors (Lipinski definition) is 3. The minimum atomic E-state index is 0.866. The van der Waals surface area contributed by atoms with Crippen LogP contribution in [0.15, 0.2) is 185 Å². The van der Waals surface area contributed by atoms with E-state index in [0.29, 0.717) is 0 Å². The molecule has 0 aliphatic carbocycles. The highest BCUT2D eigenvalue weighted by molar-refractivity contribution is 6.12. The molecule has 0 spiro atoms. The Bertz CT molecular complexity index is 2830. The van der Waals surface area contributed by atoms with Crippen LogP contribution in [0.1, 0.15) is 0 Å². The van der Waals surface area contributed by atoms with Crippen molar-refractivity contribution in [2.45, 2.75) is 0 Å². The van der Waals surface area contributed by atoms with Gasteiger partial charge >= 0.3 is 0 Å². The van der Waals surface area contributed by atoms with Crippen molar-refractivity contribution in [3.8, 4) is 22.3 Å². The minimum Gasteiger partial charge on any atom is -0.456 e. The van der Waals surface area contributed by atoms with Gasteiger partial charge in [0.05, 0.1) is 5.69 Å². The van der Waals surface area contributed by atoms with E-state index >= 15 is 0 Å². The number of hydrogen-bond donors (Lipinski definition) is 0. The third-order valence-corrected chi connectivity index (χ3v) is 9.66. The molecule has 8 aromatic carbocycles. The van der Waals surface area contributed by atoms with Crippen LogP contribution in [0.3, 0.4) is 0 Å². The molecule has 0 saturated heterocycles. The first-order chi connectivity index (χ1) is 24.3. The first kappa shape index (κ1) is 27.5. The van der Waals surface area contributed by atoms with Gasteiger partial charge in [-0.05, 0) is 82.1 Å². The summed E-state index contributed by atoms with van der Waals surface area (Å²) in [5.41, 5.74) is 11.4. The van der Waals surface area contributed by atoms with Crippen LogP contribution in [0.25, 0.3) is 76.9 Å². The quantitative estimate of drug-likeness (QED) is 0.190. The summed E-state index contributed by atoms with van der Waals surface area (Å²) in [5.74, 6) is 0. The van der Waals surface area contributed by atoms with Crippen LogP contribution in [0, 0.1) is 0 Å². The number of fused-ring (bicyclic) bond motifs is 7. The summed E-state index contributed by atoms with van der Waals surface area (Å²) in [4.78, 5) is 2.33. The highest BCUT2D eigenvalue weighted by Crippen LogP contribution is 2.43. The van der Waals surface area contributed by atoms with Crippen LogP contribution >= 0.6 is 0 Å². The van der Waals surface area contributed by atoms with Crippen molar-refractivity contribution in [2.24, 2.45) is 0 Å². The van der Waals surface area contributed by atoms with Gasteiger partial charge < -0.3 is 13.7 Å². The second-order valence-corrected chi connectivity index (χ2v) is 12.5. The Hall–Kier alpha value is -6.58. The lowest BCUT2D eigenvalue weighted by atomic mass is 9.96. The van der Waals surface area contributed by atoms with Crippen LogP contribution in [-0.2, 0) is 0 Å². The molecule has 49 heavy (non-hydrogen) atoms. The molecule has 0 atom stereocenters. The Balaban J connectivity index is 1.13. The van der Waals surface area contributed by atoms with E-state index in [1.165, 1.54) is 16.3 Å². The summed E-state index contributed by atoms with van der Waals surface area (Å²) >= 11 is 0. The van der Waals surface area contributed by atoms with Gasteiger partial charge in [-0.3, -0.25) is 0 Å². The number of para-hydroxylation sites is 3.